The molecule has 0 atom stereocenters. The summed E-state index contributed by atoms with van der Waals surface area (Å²) in [4.78, 5) is 22.6. The Hall–Kier alpha value is -2.91. The Labute approximate surface area is 159 Å². The Balaban J connectivity index is 1.99. The standard InChI is InChI=1S/C18H28N8O/c1-3-4-5-6-11-26(2)17(27)13-7-9-14(10-8-13)21-18-22-15(24-19)12-16(23-18)25-20/h7-10,12H,3-6,11,19-20H2,1-2H3,(H3,21,22,23,24,25). The van der Waals surface area contributed by atoms with Crippen LogP contribution in [0.3, 0.4) is 0 Å². The van der Waals surface area contributed by atoms with Crippen LogP contribution in [0.5, 0.6) is 0 Å². The molecule has 7 N–H and O–H groups in total. The van der Waals surface area contributed by atoms with E-state index in [1.807, 2.05) is 7.05 Å². The fourth-order valence-electron chi connectivity index (χ4n) is 2.57. The van der Waals surface area contributed by atoms with Crippen molar-refractivity contribution in [2.24, 2.45) is 11.7 Å². The summed E-state index contributed by atoms with van der Waals surface area (Å²) in [5, 5.41) is 3.06. The quantitative estimate of drug-likeness (QED) is 0.244. The number of carbonyl (C=O) groups excluding carboxylic acids is 1. The predicted octanol–water partition coefficient (Wildman–Crippen LogP) is 2.44. The fourth-order valence-corrected chi connectivity index (χ4v) is 2.57. The van der Waals surface area contributed by atoms with E-state index in [2.05, 4.69) is 33.1 Å². The van der Waals surface area contributed by atoms with Crippen molar-refractivity contribution < 1.29 is 4.79 Å². The van der Waals surface area contributed by atoms with E-state index in [0.717, 1.165) is 25.1 Å². The number of nitrogen functional groups attached to an aromatic ring is 2. The molecule has 2 aromatic rings. The van der Waals surface area contributed by atoms with Crippen LogP contribution < -0.4 is 27.9 Å². The van der Waals surface area contributed by atoms with Gasteiger partial charge in [0.1, 0.15) is 11.6 Å². The van der Waals surface area contributed by atoms with E-state index in [1.54, 1.807) is 35.2 Å². The lowest BCUT2D eigenvalue weighted by atomic mass is 10.1. The molecule has 0 unspecified atom stereocenters. The topological polar surface area (TPSA) is 134 Å². The van der Waals surface area contributed by atoms with Crippen molar-refractivity contribution in [1.82, 2.24) is 14.9 Å². The molecule has 1 aromatic carbocycles. The monoisotopic (exact) mass is 372 g/mol. The Morgan fingerprint density at radius 1 is 1.04 bits per heavy atom. The number of hydrogen-bond donors (Lipinski definition) is 5. The summed E-state index contributed by atoms with van der Waals surface area (Å²) in [5.74, 6) is 11.9. The highest BCUT2D eigenvalue weighted by Gasteiger charge is 2.11. The molecule has 1 heterocycles. The van der Waals surface area contributed by atoms with Gasteiger partial charge < -0.3 is 21.1 Å². The minimum absolute atomic E-state index is 0.0123. The van der Waals surface area contributed by atoms with Crippen molar-refractivity contribution in [3.63, 3.8) is 0 Å². The van der Waals surface area contributed by atoms with E-state index in [9.17, 15) is 4.79 Å². The number of rotatable bonds is 10. The highest BCUT2D eigenvalue weighted by Crippen LogP contribution is 2.18. The number of amides is 1. The van der Waals surface area contributed by atoms with Gasteiger partial charge in [-0.05, 0) is 30.7 Å². The second kappa shape index (κ2) is 10.3. The Morgan fingerprint density at radius 2 is 1.67 bits per heavy atom. The van der Waals surface area contributed by atoms with Crippen molar-refractivity contribution in [2.45, 2.75) is 32.6 Å². The second-order valence-corrected chi connectivity index (χ2v) is 6.24. The number of hydrazine groups is 2. The first kappa shape index (κ1) is 20.4. The number of unbranched alkanes of at least 4 members (excludes halogenated alkanes) is 3. The molecule has 146 valence electrons. The third-order valence-corrected chi connectivity index (χ3v) is 4.10. The molecule has 2 rings (SSSR count). The molecule has 0 fully saturated rings. The van der Waals surface area contributed by atoms with Crippen LogP contribution in [0.25, 0.3) is 0 Å². The number of benzene rings is 1. The first-order valence-electron chi connectivity index (χ1n) is 9.02. The highest BCUT2D eigenvalue weighted by atomic mass is 16.2. The van der Waals surface area contributed by atoms with E-state index < -0.39 is 0 Å². The SMILES string of the molecule is CCCCCCN(C)C(=O)c1ccc(Nc2nc(NN)cc(NN)n2)cc1. The van der Waals surface area contributed by atoms with Gasteiger partial charge in [0.25, 0.3) is 5.91 Å². The number of nitrogens with zero attached hydrogens (tertiary/aromatic N) is 3. The van der Waals surface area contributed by atoms with Crippen LogP contribution in [-0.2, 0) is 0 Å². The predicted molar refractivity (Wildman–Crippen MR) is 108 cm³/mol. The van der Waals surface area contributed by atoms with Crippen molar-refractivity contribution in [3.8, 4) is 0 Å². The average Bonchev–Trinajstić information content (AvgIpc) is 2.70. The maximum atomic E-state index is 12.5. The molecule has 0 aliphatic carbocycles. The molecule has 0 saturated heterocycles. The number of nitrogens with two attached hydrogens (primary N) is 2. The molecule has 27 heavy (non-hydrogen) atoms. The molecule has 0 aliphatic heterocycles. The van der Waals surface area contributed by atoms with Crippen LogP contribution in [0.4, 0.5) is 23.3 Å². The molecular weight excluding hydrogens is 344 g/mol. The number of aromatic nitrogens is 2. The number of hydrogen-bond acceptors (Lipinski definition) is 8. The smallest absolute Gasteiger partial charge is 0.253 e. The molecule has 1 aromatic heterocycles. The van der Waals surface area contributed by atoms with Crippen molar-refractivity contribution >= 4 is 29.2 Å². The summed E-state index contributed by atoms with van der Waals surface area (Å²) < 4.78 is 0. The fraction of sp³-hybridized carbons (Fsp3) is 0.389. The van der Waals surface area contributed by atoms with Gasteiger partial charge in [-0.2, -0.15) is 9.97 Å². The Kier molecular flexibility index (Phi) is 7.78. The summed E-state index contributed by atoms with van der Waals surface area (Å²) in [5.41, 5.74) is 6.29. The number of carbonyl (C=O) groups is 1. The molecule has 0 aliphatic rings. The molecule has 9 nitrogen and oxygen atoms in total. The largest absolute Gasteiger partial charge is 0.342 e. The molecule has 0 radical (unpaired) electrons. The third-order valence-electron chi connectivity index (χ3n) is 4.10. The highest BCUT2D eigenvalue weighted by molar-refractivity contribution is 5.94. The van der Waals surface area contributed by atoms with Gasteiger partial charge in [0.2, 0.25) is 5.95 Å². The van der Waals surface area contributed by atoms with E-state index in [0.29, 0.717) is 23.1 Å². The first-order chi connectivity index (χ1) is 13.1. The molecule has 0 saturated carbocycles. The van der Waals surface area contributed by atoms with Gasteiger partial charge in [0.15, 0.2) is 0 Å². The Morgan fingerprint density at radius 3 is 2.22 bits per heavy atom. The van der Waals surface area contributed by atoms with Crippen molar-refractivity contribution in [3.05, 3.63) is 35.9 Å². The first-order valence-corrected chi connectivity index (χ1v) is 9.02. The van der Waals surface area contributed by atoms with E-state index in [4.69, 9.17) is 11.7 Å². The van der Waals surface area contributed by atoms with Crippen LogP contribution >= 0.6 is 0 Å². The zero-order valence-electron chi connectivity index (χ0n) is 15.8. The maximum Gasteiger partial charge on any atom is 0.253 e. The summed E-state index contributed by atoms with van der Waals surface area (Å²) >= 11 is 0. The lowest BCUT2D eigenvalue weighted by Crippen LogP contribution is -2.27. The maximum absolute atomic E-state index is 12.5. The van der Waals surface area contributed by atoms with Crippen molar-refractivity contribution in [2.75, 3.05) is 29.8 Å². The minimum atomic E-state index is 0.0123. The van der Waals surface area contributed by atoms with Crippen LogP contribution in [0.2, 0.25) is 0 Å². The molecule has 1 amide bonds. The molecule has 9 heteroatoms. The summed E-state index contributed by atoms with van der Waals surface area (Å²) in [6.45, 7) is 2.94. The summed E-state index contributed by atoms with van der Waals surface area (Å²) in [6, 6.07) is 8.74. The van der Waals surface area contributed by atoms with Gasteiger partial charge in [-0.15, -0.1) is 0 Å². The van der Waals surface area contributed by atoms with Crippen LogP contribution in [0.1, 0.15) is 43.0 Å². The van der Waals surface area contributed by atoms with Gasteiger partial charge in [0.05, 0.1) is 0 Å². The van der Waals surface area contributed by atoms with Gasteiger partial charge in [0, 0.05) is 30.9 Å². The molecule has 0 bridgehead atoms. The van der Waals surface area contributed by atoms with E-state index in [-0.39, 0.29) is 5.91 Å². The summed E-state index contributed by atoms with van der Waals surface area (Å²) in [6.07, 6.45) is 4.55. The lowest BCUT2D eigenvalue weighted by Gasteiger charge is -2.17. The number of nitrogens with one attached hydrogen (secondary N) is 3. The van der Waals surface area contributed by atoms with Crippen LogP contribution in [-0.4, -0.2) is 34.4 Å². The van der Waals surface area contributed by atoms with Gasteiger partial charge in [-0.1, -0.05) is 26.2 Å². The van der Waals surface area contributed by atoms with E-state index in [1.165, 1.54) is 12.8 Å². The molecule has 0 spiro atoms. The Bertz CT molecular complexity index is 712. The minimum Gasteiger partial charge on any atom is -0.342 e. The van der Waals surface area contributed by atoms with Crippen LogP contribution in [0, 0.1) is 0 Å². The third kappa shape index (κ3) is 6.08. The number of anilines is 4. The zero-order chi connectivity index (χ0) is 19.6. The van der Waals surface area contributed by atoms with Gasteiger partial charge in [-0.3, -0.25) is 4.79 Å². The second-order valence-electron chi connectivity index (χ2n) is 6.24. The van der Waals surface area contributed by atoms with Gasteiger partial charge in [-0.25, -0.2) is 11.7 Å². The lowest BCUT2D eigenvalue weighted by molar-refractivity contribution is 0.0792. The normalized spacial score (nSPS) is 10.4. The summed E-state index contributed by atoms with van der Waals surface area (Å²) in [7, 11) is 1.83. The zero-order valence-corrected chi connectivity index (χ0v) is 15.8. The van der Waals surface area contributed by atoms with E-state index >= 15 is 0 Å². The average molecular weight is 372 g/mol. The van der Waals surface area contributed by atoms with Crippen LogP contribution in [0.15, 0.2) is 30.3 Å². The van der Waals surface area contributed by atoms with Crippen molar-refractivity contribution in [1.29, 1.82) is 0 Å². The molecular formula is C18H28N8O. The van der Waals surface area contributed by atoms with Gasteiger partial charge >= 0.3 is 0 Å².